The SMILES string of the molecule is CCO[C@@H]1C[C@@H](N(C)Cc2cc(=O)n3ccccc3n2)C1(C)C. The number of rotatable bonds is 5. The Kier molecular flexibility index (Phi) is 4.25. The van der Waals surface area contributed by atoms with Crippen LogP contribution < -0.4 is 5.56 Å². The van der Waals surface area contributed by atoms with Crippen molar-refractivity contribution in [3.05, 3.63) is 46.5 Å². The molecule has 5 nitrogen and oxygen atoms in total. The van der Waals surface area contributed by atoms with E-state index in [0.717, 1.165) is 18.7 Å². The molecule has 0 radical (unpaired) electrons. The van der Waals surface area contributed by atoms with Crippen LogP contribution in [0.4, 0.5) is 0 Å². The standard InChI is InChI=1S/C18H25N3O2/c1-5-23-15-11-14(18(15,2)3)20(4)12-13-10-17(22)21-9-7-6-8-16(21)19-13/h6-10,14-15H,5,11-12H2,1-4H3/t14-,15-/m1/s1. The summed E-state index contributed by atoms with van der Waals surface area (Å²) in [6.07, 6.45) is 3.10. The Bertz CT molecular complexity index is 753. The first-order valence-corrected chi connectivity index (χ1v) is 8.22. The van der Waals surface area contributed by atoms with Crippen LogP contribution in [0.15, 0.2) is 35.3 Å². The second-order valence-corrected chi connectivity index (χ2v) is 6.95. The molecule has 1 aliphatic rings. The summed E-state index contributed by atoms with van der Waals surface area (Å²) in [5.74, 6) is 0. The van der Waals surface area contributed by atoms with E-state index in [9.17, 15) is 4.79 Å². The number of fused-ring (bicyclic) bond motifs is 1. The van der Waals surface area contributed by atoms with E-state index < -0.39 is 0 Å². The van der Waals surface area contributed by atoms with Crippen LogP contribution in [0.2, 0.25) is 0 Å². The van der Waals surface area contributed by atoms with E-state index >= 15 is 0 Å². The van der Waals surface area contributed by atoms with E-state index in [0.29, 0.717) is 24.3 Å². The summed E-state index contributed by atoms with van der Waals surface area (Å²) in [5, 5.41) is 0. The predicted octanol–water partition coefficient (Wildman–Crippen LogP) is 2.33. The molecule has 0 amide bonds. The summed E-state index contributed by atoms with van der Waals surface area (Å²) in [6, 6.07) is 7.68. The van der Waals surface area contributed by atoms with Crippen LogP contribution in [0.3, 0.4) is 0 Å². The molecule has 1 aliphatic carbocycles. The highest BCUT2D eigenvalue weighted by Crippen LogP contribution is 2.45. The van der Waals surface area contributed by atoms with E-state index in [1.165, 1.54) is 0 Å². The van der Waals surface area contributed by atoms with Crippen LogP contribution in [0.1, 0.15) is 32.9 Å². The Morgan fingerprint density at radius 2 is 2.22 bits per heavy atom. The summed E-state index contributed by atoms with van der Waals surface area (Å²) >= 11 is 0. The van der Waals surface area contributed by atoms with Crippen LogP contribution in [0.25, 0.3) is 5.65 Å². The molecule has 23 heavy (non-hydrogen) atoms. The van der Waals surface area contributed by atoms with Gasteiger partial charge in [-0.3, -0.25) is 14.1 Å². The predicted molar refractivity (Wildman–Crippen MR) is 90.5 cm³/mol. The molecule has 3 rings (SSSR count). The van der Waals surface area contributed by atoms with Crippen LogP contribution in [-0.2, 0) is 11.3 Å². The molecule has 2 aromatic rings. The van der Waals surface area contributed by atoms with Crippen LogP contribution in [-0.4, -0.2) is 40.1 Å². The molecule has 0 unspecified atom stereocenters. The summed E-state index contributed by atoms with van der Waals surface area (Å²) in [5.41, 5.74) is 1.61. The van der Waals surface area contributed by atoms with Gasteiger partial charge in [0.15, 0.2) is 0 Å². The van der Waals surface area contributed by atoms with Crippen molar-refractivity contribution in [2.24, 2.45) is 5.41 Å². The molecular weight excluding hydrogens is 290 g/mol. The molecule has 124 valence electrons. The zero-order valence-electron chi connectivity index (χ0n) is 14.3. The van der Waals surface area contributed by atoms with E-state index in [4.69, 9.17) is 4.74 Å². The van der Waals surface area contributed by atoms with Gasteiger partial charge in [0.05, 0.1) is 11.8 Å². The highest BCUT2D eigenvalue weighted by atomic mass is 16.5. The maximum Gasteiger partial charge on any atom is 0.258 e. The lowest BCUT2D eigenvalue weighted by molar-refractivity contribution is -0.146. The fourth-order valence-corrected chi connectivity index (χ4v) is 3.65. The molecule has 0 saturated heterocycles. The molecule has 2 heterocycles. The van der Waals surface area contributed by atoms with Crippen molar-refractivity contribution in [3.63, 3.8) is 0 Å². The first-order chi connectivity index (χ1) is 10.9. The largest absolute Gasteiger partial charge is 0.378 e. The van der Waals surface area contributed by atoms with E-state index in [2.05, 4.69) is 30.8 Å². The minimum atomic E-state index is -0.0286. The lowest BCUT2D eigenvalue weighted by atomic mass is 9.64. The van der Waals surface area contributed by atoms with Crippen molar-refractivity contribution < 1.29 is 4.74 Å². The molecule has 0 bridgehead atoms. The Balaban J connectivity index is 1.76. The Labute approximate surface area is 136 Å². The van der Waals surface area contributed by atoms with Gasteiger partial charge in [-0.2, -0.15) is 0 Å². The first kappa shape index (κ1) is 16.1. The molecule has 0 aliphatic heterocycles. The Morgan fingerprint density at radius 1 is 1.43 bits per heavy atom. The lowest BCUT2D eigenvalue weighted by Gasteiger charge is -2.55. The Hall–Kier alpha value is -1.72. The second kappa shape index (κ2) is 6.06. The summed E-state index contributed by atoms with van der Waals surface area (Å²) in [6.45, 7) is 7.97. The van der Waals surface area contributed by atoms with Crippen molar-refractivity contribution in [1.29, 1.82) is 0 Å². The second-order valence-electron chi connectivity index (χ2n) is 6.95. The van der Waals surface area contributed by atoms with Crippen molar-refractivity contribution in [2.45, 2.75) is 45.9 Å². The maximum atomic E-state index is 12.2. The van der Waals surface area contributed by atoms with Gasteiger partial charge in [-0.05, 0) is 32.5 Å². The third-order valence-corrected chi connectivity index (χ3v) is 5.06. The van der Waals surface area contributed by atoms with Gasteiger partial charge in [0, 0.05) is 36.9 Å². The molecule has 2 aromatic heterocycles. The van der Waals surface area contributed by atoms with Gasteiger partial charge in [0.2, 0.25) is 0 Å². The topological polar surface area (TPSA) is 46.8 Å². The number of nitrogens with zero attached hydrogens (tertiary/aromatic N) is 3. The molecule has 1 fully saturated rings. The summed E-state index contributed by atoms with van der Waals surface area (Å²) < 4.78 is 7.38. The van der Waals surface area contributed by atoms with Gasteiger partial charge < -0.3 is 4.74 Å². The molecule has 0 N–H and O–H groups in total. The van der Waals surface area contributed by atoms with Gasteiger partial charge >= 0.3 is 0 Å². The summed E-state index contributed by atoms with van der Waals surface area (Å²) in [7, 11) is 2.10. The van der Waals surface area contributed by atoms with Gasteiger partial charge in [-0.25, -0.2) is 4.98 Å². The quantitative estimate of drug-likeness (QED) is 0.849. The van der Waals surface area contributed by atoms with Crippen LogP contribution in [0, 0.1) is 5.41 Å². The third-order valence-electron chi connectivity index (χ3n) is 5.06. The van der Waals surface area contributed by atoms with Crippen molar-refractivity contribution in [2.75, 3.05) is 13.7 Å². The number of ether oxygens (including phenoxy) is 1. The molecule has 5 heteroatoms. The van der Waals surface area contributed by atoms with E-state index in [1.54, 1.807) is 16.7 Å². The smallest absolute Gasteiger partial charge is 0.258 e. The van der Waals surface area contributed by atoms with Gasteiger partial charge in [0.1, 0.15) is 5.65 Å². The fourth-order valence-electron chi connectivity index (χ4n) is 3.65. The molecule has 0 aromatic carbocycles. The monoisotopic (exact) mass is 315 g/mol. The minimum absolute atomic E-state index is 0.0286. The third kappa shape index (κ3) is 2.91. The number of aromatic nitrogens is 2. The average Bonchev–Trinajstić information content (AvgIpc) is 2.51. The number of hydrogen-bond acceptors (Lipinski definition) is 4. The normalized spacial score (nSPS) is 23.2. The van der Waals surface area contributed by atoms with Gasteiger partial charge in [-0.15, -0.1) is 0 Å². The van der Waals surface area contributed by atoms with Crippen molar-refractivity contribution in [1.82, 2.24) is 14.3 Å². The highest BCUT2D eigenvalue weighted by Gasteiger charge is 2.50. The Morgan fingerprint density at radius 3 is 2.91 bits per heavy atom. The lowest BCUT2D eigenvalue weighted by Crippen LogP contribution is -2.61. The van der Waals surface area contributed by atoms with Crippen LogP contribution in [0.5, 0.6) is 0 Å². The van der Waals surface area contributed by atoms with Crippen molar-refractivity contribution >= 4 is 5.65 Å². The van der Waals surface area contributed by atoms with Crippen LogP contribution >= 0.6 is 0 Å². The fraction of sp³-hybridized carbons (Fsp3) is 0.556. The van der Waals surface area contributed by atoms with E-state index in [1.807, 2.05) is 25.1 Å². The molecule has 0 spiro atoms. The van der Waals surface area contributed by atoms with Gasteiger partial charge in [0.25, 0.3) is 5.56 Å². The zero-order chi connectivity index (χ0) is 16.6. The van der Waals surface area contributed by atoms with E-state index in [-0.39, 0.29) is 11.0 Å². The molecule has 1 saturated carbocycles. The average molecular weight is 315 g/mol. The first-order valence-electron chi connectivity index (χ1n) is 8.22. The van der Waals surface area contributed by atoms with Crippen molar-refractivity contribution in [3.8, 4) is 0 Å². The number of pyridine rings is 1. The number of hydrogen-bond donors (Lipinski definition) is 0. The summed E-state index contributed by atoms with van der Waals surface area (Å²) in [4.78, 5) is 19.1. The maximum absolute atomic E-state index is 12.2. The molecular formula is C18H25N3O2. The minimum Gasteiger partial charge on any atom is -0.378 e. The van der Waals surface area contributed by atoms with Gasteiger partial charge in [-0.1, -0.05) is 19.9 Å². The highest BCUT2D eigenvalue weighted by molar-refractivity contribution is 5.38. The molecule has 2 atom stereocenters. The zero-order valence-corrected chi connectivity index (χ0v) is 14.3.